The lowest BCUT2D eigenvalue weighted by Crippen LogP contribution is -2.36. The van der Waals surface area contributed by atoms with E-state index < -0.39 is 0 Å². The van der Waals surface area contributed by atoms with Crippen molar-refractivity contribution in [2.75, 3.05) is 13.2 Å². The molecule has 4 rings (SSSR count). The summed E-state index contributed by atoms with van der Waals surface area (Å²) in [5.41, 5.74) is 1.02. The molecule has 0 unspecified atom stereocenters. The number of carbonyl (C=O) groups is 1. The Morgan fingerprint density at radius 1 is 1.35 bits per heavy atom. The average Bonchev–Trinajstić information content (AvgIpc) is 3.21. The van der Waals surface area contributed by atoms with Gasteiger partial charge in [0.1, 0.15) is 5.82 Å². The molecular weight excluding hydrogens is 348 g/mol. The van der Waals surface area contributed by atoms with Crippen LogP contribution in [0.25, 0.3) is 5.69 Å². The van der Waals surface area contributed by atoms with Crippen molar-refractivity contribution in [1.29, 1.82) is 0 Å². The Labute approximate surface area is 157 Å². The summed E-state index contributed by atoms with van der Waals surface area (Å²) in [6.45, 7) is 3.29. The molecule has 0 bridgehead atoms. The number of nitrogens with zero attached hydrogens (tertiary/aromatic N) is 3. The van der Waals surface area contributed by atoms with Gasteiger partial charge in [-0.1, -0.05) is 30.0 Å². The predicted octanol–water partition coefficient (Wildman–Crippen LogP) is 2.92. The number of benzene rings is 1. The standard InChI is InChI=1S/C19H24N4O2S/c1-13(18(24)20-12-16-8-5-11-25-16)26-19-21-17(14-9-10-14)23(22-19)15-6-3-2-4-7-15/h2-4,6-7,13-14,16H,5,8-12H2,1H3,(H,20,24)/t13-,16-/m1/s1. The molecule has 2 fully saturated rings. The minimum atomic E-state index is -0.241. The maximum atomic E-state index is 12.4. The molecule has 1 saturated heterocycles. The molecule has 1 amide bonds. The monoisotopic (exact) mass is 372 g/mol. The highest BCUT2D eigenvalue weighted by Gasteiger charge is 2.31. The summed E-state index contributed by atoms with van der Waals surface area (Å²) in [7, 11) is 0. The summed E-state index contributed by atoms with van der Waals surface area (Å²) in [5, 5.41) is 8.07. The van der Waals surface area contributed by atoms with E-state index in [1.54, 1.807) is 0 Å². The van der Waals surface area contributed by atoms with Crippen molar-refractivity contribution in [3.63, 3.8) is 0 Å². The van der Waals surface area contributed by atoms with Crippen LogP contribution >= 0.6 is 11.8 Å². The van der Waals surface area contributed by atoms with Crippen molar-refractivity contribution in [2.24, 2.45) is 0 Å². The molecule has 1 aliphatic carbocycles. The third-order valence-corrected chi connectivity index (χ3v) is 5.69. The van der Waals surface area contributed by atoms with Gasteiger partial charge in [-0.25, -0.2) is 9.67 Å². The average molecular weight is 372 g/mol. The fourth-order valence-corrected chi connectivity index (χ4v) is 3.88. The van der Waals surface area contributed by atoms with Gasteiger partial charge < -0.3 is 10.1 Å². The summed E-state index contributed by atoms with van der Waals surface area (Å²) in [6, 6.07) is 10.1. The second-order valence-corrected chi connectivity index (χ2v) is 8.22. The van der Waals surface area contributed by atoms with E-state index in [1.165, 1.54) is 11.8 Å². The van der Waals surface area contributed by atoms with Crippen LogP contribution in [0.3, 0.4) is 0 Å². The van der Waals surface area contributed by atoms with Crippen molar-refractivity contribution >= 4 is 17.7 Å². The minimum absolute atomic E-state index is 0.00883. The molecule has 1 aromatic heterocycles. The summed E-state index contributed by atoms with van der Waals surface area (Å²) >= 11 is 1.41. The fourth-order valence-electron chi connectivity index (χ4n) is 3.09. The molecule has 2 aliphatic rings. The van der Waals surface area contributed by atoms with Crippen LogP contribution < -0.4 is 5.32 Å². The first-order chi connectivity index (χ1) is 12.7. The SMILES string of the molecule is C[C@@H](Sc1nc(C2CC2)n(-c2ccccc2)n1)C(=O)NC[C@H]1CCCO1. The molecule has 7 heteroatoms. The van der Waals surface area contributed by atoms with Gasteiger partial charge >= 0.3 is 0 Å². The molecule has 0 spiro atoms. The van der Waals surface area contributed by atoms with Crippen LogP contribution in [0.5, 0.6) is 0 Å². The Morgan fingerprint density at radius 2 is 2.15 bits per heavy atom. The van der Waals surface area contributed by atoms with Crippen LogP contribution in [0.2, 0.25) is 0 Å². The number of carbonyl (C=O) groups excluding carboxylic acids is 1. The van der Waals surface area contributed by atoms with E-state index in [2.05, 4.69) is 10.4 Å². The molecule has 26 heavy (non-hydrogen) atoms. The van der Waals surface area contributed by atoms with E-state index in [-0.39, 0.29) is 17.3 Å². The van der Waals surface area contributed by atoms with Crippen molar-refractivity contribution in [3.05, 3.63) is 36.2 Å². The van der Waals surface area contributed by atoms with Crippen LogP contribution in [0.15, 0.2) is 35.5 Å². The third kappa shape index (κ3) is 4.10. The Balaban J connectivity index is 1.41. The van der Waals surface area contributed by atoms with Gasteiger partial charge in [-0.15, -0.1) is 5.10 Å². The molecule has 2 atom stereocenters. The van der Waals surface area contributed by atoms with Gasteiger partial charge in [-0.05, 0) is 44.7 Å². The van der Waals surface area contributed by atoms with Crippen molar-refractivity contribution in [3.8, 4) is 5.69 Å². The number of amides is 1. The molecular formula is C19H24N4O2S. The van der Waals surface area contributed by atoms with Crippen molar-refractivity contribution in [1.82, 2.24) is 20.1 Å². The van der Waals surface area contributed by atoms with E-state index in [1.807, 2.05) is 41.9 Å². The first-order valence-electron chi connectivity index (χ1n) is 9.29. The second-order valence-electron chi connectivity index (χ2n) is 6.91. The molecule has 1 aromatic carbocycles. The number of para-hydroxylation sites is 1. The number of aromatic nitrogens is 3. The lowest BCUT2D eigenvalue weighted by atomic mass is 10.2. The summed E-state index contributed by atoms with van der Waals surface area (Å²) in [6.07, 6.45) is 4.58. The molecule has 1 saturated carbocycles. The van der Waals surface area contributed by atoms with Crippen LogP contribution in [0.4, 0.5) is 0 Å². The smallest absolute Gasteiger partial charge is 0.233 e. The second kappa shape index (κ2) is 7.80. The maximum Gasteiger partial charge on any atom is 0.233 e. The number of hydrogen-bond donors (Lipinski definition) is 1. The zero-order valence-electron chi connectivity index (χ0n) is 14.9. The van der Waals surface area contributed by atoms with Gasteiger partial charge in [-0.3, -0.25) is 4.79 Å². The van der Waals surface area contributed by atoms with E-state index in [0.717, 1.165) is 43.8 Å². The minimum Gasteiger partial charge on any atom is -0.376 e. The van der Waals surface area contributed by atoms with Crippen molar-refractivity contribution in [2.45, 2.75) is 55.0 Å². The highest BCUT2D eigenvalue weighted by molar-refractivity contribution is 8.00. The number of ether oxygens (including phenoxy) is 1. The van der Waals surface area contributed by atoms with E-state index in [0.29, 0.717) is 17.6 Å². The third-order valence-electron chi connectivity index (χ3n) is 4.74. The number of thioether (sulfide) groups is 1. The van der Waals surface area contributed by atoms with E-state index in [9.17, 15) is 4.79 Å². The Kier molecular flexibility index (Phi) is 5.26. The first-order valence-corrected chi connectivity index (χ1v) is 10.2. The van der Waals surface area contributed by atoms with E-state index >= 15 is 0 Å². The zero-order chi connectivity index (χ0) is 17.9. The highest BCUT2D eigenvalue weighted by atomic mass is 32.2. The van der Waals surface area contributed by atoms with Crippen LogP contribution in [-0.2, 0) is 9.53 Å². The molecule has 6 nitrogen and oxygen atoms in total. The molecule has 1 N–H and O–H groups in total. The van der Waals surface area contributed by atoms with Gasteiger partial charge in [0.05, 0.1) is 17.0 Å². The predicted molar refractivity (Wildman–Crippen MR) is 101 cm³/mol. The number of hydrogen-bond acceptors (Lipinski definition) is 5. The molecule has 138 valence electrons. The number of rotatable bonds is 7. The summed E-state index contributed by atoms with van der Waals surface area (Å²) in [5.74, 6) is 1.50. The molecule has 1 aliphatic heterocycles. The maximum absolute atomic E-state index is 12.4. The summed E-state index contributed by atoms with van der Waals surface area (Å²) in [4.78, 5) is 17.1. The Hall–Kier alpha value is -1.86. The van der Waals surface area contributed by atoms with E-state index in [4.69, 9.17) is 9.72 Å². The normalized spacial score (nSPS) is 20.9. The van der Waals surface area contributed by atoms with Gasteiger partial charge in [-0.2, -0.15) is 0 Å². The van der Waals surface area contributed by atoms with Crippen molar-refractivity contribution < 1.29 is 9.53 Å². The molecule has 0 radical (unpaired) electrons. The van der Waals surface area contributed by atoms with Gasteiger partial charge in [0.2, 0.25) is 11.1 Å². The van der Waals surface area contributed by atoms with Crippen LogP contribution in [0, 0.1) is 0 Å². The van der Waals surface area contributed by atoms with Gasteiger partial charge in [0.15, 0.2) is 0 Å². The van der Waals surface area contributed by atoms with Crippen LogP contribution in [0.1, 0.15) is 44.3 Å². The topological polar surface area (TPSA) is 69.0 Å². The largest absolute Gasteiger partial charge is 0.376 e. The Bertz CT molecular complexity index is 754. The number of nitrogens with one attached hydrogen (secondary N) is 1. The lowest BCUT2D eigenvalue weighted by molar-refractivity contribution is -0.120. The summed E-state index contributed by atoms with van der Waals surface area (Å²) < 4.78 is 7.48. The first kappa shape index (κ1) is 17.5. The Morgan fingerprint density at radius 3 is 2.85 bits per heavy atom. The van der Waals surface area contributed by atoms with Gasteiger partial charge in [0.25, 0.3) is 0 Å². The molecule has 2 aromatic rings. The van der Waals surface area contributed by atoms with Crippen LogP contribution in [-0.4, -0.2) is 45.2 Å². The fraction of sp³-hybridized carbons (Fsp3) is 0.526. The van der Waals surface area contributed by atoms with Gasteiger partial charge in [0, 0.05) is 19.1 Å². The molecule has 2 heterocycles. The zero-order valence-corrected chi connectivity index (χ0v) is 15.7. The lowest BCUT2D eigenvalue weighted by Gasteiger charge is -2.13. The quantitative estimate of drug-likeness (QED) is 0.757. The highest BCUT2D eigenvalue weighted by Crippen LogP contribution is 2.40.